The van der Waals surface area contributed by atoms with Gasteiger partial charge in [0.1, 0.15) is 23.9 Å². The number of aromatic amines is 1. The van der Waals surface area contributed by atoms with Crippen LogP contribution in [0.15, 0.2) is 114 Å². The lowest BCUT2D eigenvalue weighted by Gasteiger charge is -2.25. The van der Waals surface area contributed by atoms with Gasteiger partial charge in [0.25, 0.3) is 0 Å². The number of carbonyl (C=O) groups excluding carboxylic acids is 2. The number of hydrogen-bond acceptors (Lipinski definition) is 9. The zero-order valence-electron chi connectivity index (χ0n) is 33.3. The molecule has 3 aromatic heterocycles. The van der Waals surface area contributed by atoms with E-state index < -0.39 is 36.0 Å². The van der Waals surface area contributed by atoms with Gasteiger partial charge < -0.3 is 46.0 Å². The maximum atomic E-state index is 14.6. The molecule has 3 heterocycles. The number of nitrogens with two attached hydrogens (primary N) is 1. The van der Waals surface area contributed by atoms with E-state index in [0.717, 1.165) is 38.7 Å². The minimum absolute atomic E-state index is 0.0365. The highest BCUT2D eigenvalue weighted by Crippen LogP contribution is 2.27. The number of fused-ring (bicyclic) bond motifs is 1. The Labute approximate surface area is 346 Å². The number of nitrogen functional groups attached to an aromatic ring is 1. The van der Waals surface area contributed by atoms with E-state index in [1.54, 1.807) is 29.1 Å². The fourth-order valence-electron chi connectivity index (χ4n) is 7.49. The molecule has 0 fully saturated rings. The summed E-state index contributed by atoms with van der Waals surface area (Å²) >= 11 is 0. The van der Waals surface area contributed by atoms with Crippen LogP contribution in [0.1, 0.15) is 58.4 Å². The fraction of sp³-hybridized carbons (Fsp3) is 0.244. The topological polar surface area (TPSA) is 226 Å². The number of rotatable bonds is 17. The Morgan fingerprint density at radius 2 is 1.57 bits per heavy atom. The highest BCUT2D eigenvalue weighted by atomic mass is 16.5. The van der Waals surface area contributed by atoms with Crippen LogP contribution in [0.4, 0.5) is 10.7 Å². The summed E-state index contributed by atoms with van der Waals surface area (Å²) < 4.78 is 7.55. The molecule has 0 bridgehead atoms. The van der Waals surface area contributed by atoms with E-state index in [-0.39, 0.29) is 30.9 Å². The predicted octanol–water partition coefficient (Wildman–Crippen LogP) is 6.15. The van der Waals surface area contributed by atoms with Crippen molar-refractivity contribution in [1.29, 1.82) is 0 Å². The van der Waals surface area contributed by atoms with Gasteiger partial charge in [0.2, 0.25) is 17.7 Å². The number of phenolic OH excluding ortho intramolecular Hbond substituents is 1. The number of imidazole rings is 1. The SMILES string of the molecule is Cc1cc(O)cc(C)c1CC(NC(=O)C(CCCn1ccnc1N)NC(=O)O)C(=O)N[C@@H](Cc1c[nH]c2ccccc12)c1nc(Cc2ccc(-c3ccccc3)cc2)no1. The van der Waals surface area contributed by atoms with Gasteiger partial charge in [-0.05, 0) is 83.8 Å². The summed E-state index contributed by atoms with van der Waals surface area (Å²) in [4.78, 5) is 52.5. The van der Waals surface area contributed by atoms with Crippen molar-refractivity contribution < 1.29 is 29.1 Å². The van der Waals surface area contributed by atoms with Crippen LogP contribution < -0.4 is 21.7 Å². The average Bonchev–Trinajstić information content (AvgIpc) is 3.98. The summed E-state index contributed by atoms with van der Waals surface area (Å²) in [6.07, 6.45) is 4.92. The molecule has 0 radical (unpaired) electrons. The second-order valence-corrected chi connectivity index (χ2v) is 14.9. The Morgan fingerprint density at radius 3 is 2.28 bits per heavy atom. The third-order valence-corrected chi connectivity index (χ3v) is 10.6. The highest BCUT2D eigenvalue weighted by molar-refractivity contribution is 5.91. The predicted molar refractivity (Wildman–Crippen MR) is 226 cm³/mol. The maximum Gasteiger partial charge on any atom is 0.405 e. The first-order valence-electron chi connectivity index (χ1n) is 19.7. The Morgan fingerprint density at radius 1 is 0.867 bits per heavy atom. The molecule has 7 rings (SSSR count). The van der Waals surface area contributed by atoms with E-state index in [9.17, 15) is 24.6 Å². The lowest BCUT2D eigenvalue weighted by atomic mass is 9.95. The van der Waals surface area contributed by atoms with Crippen molar-refractivity contribution in [3.05, 3.63) is 149 Å². The van der Waals surface area contributed by atoms with Gasteiger partial charge in [-0.25, -0.2) is 9.78 Å². The van der Waals surface area contributed by atoms with Crippen LogP contribution in [0, 0.1) is 13.8 Å². The average molecular weight is 810 g/mol. The molecule has 0 aliphatic carbocycles. The lowest BCUT2D eigenvalue weighted by molar-refractivity contribution is -0.130. The van der Waals surface area contributed by atoms with E-state index in [1.807, 2.05) is 86.8 Å². The molecule has 308 valence electrons. The van der Waals surface area contributed by atoms with Crippen molar-refractivity contribution in [3.8, 4) is 16.9 Å². The first kappa shape index (κ1) is 40.8. The number of para-hydroxylation sites is 1. The molecule has 15 heteroatoms. The number of aromatic hydroxyl groups is 1. The molecule has 0 aliphatic heterocycles. The lowest BCUT2D eigenvalue weighted by Crippen LogP contribution is -2.55. The first-order chi connectivity index (χ1) is 29.0. The fourth-order valence-corrected chi connectivity index (χ4v) is 7.49. The van der Waals surface area contributed by atoms with Gasteiger partial charge >= 0.3 is 6.09 Å². The van der Waals surface area contributed by atoms with Crippen molar-refractivity contribution in [1.82, 2.24) is 40.6 Å². The van der Waals surface area contributed by atoms with Gasteiger partial charge in [-0.2, -0.15) is 4.98 Å². The van der Waals surface area contributed by atoms with Crippen LogP contribution in [0.2, 0.25) is 0 Å². The van der Waals surface area contributed by atoms with Gasteiger partial charge in [-0.1, -0.05) is 78.0 Å². The van der Waals surface area contributed by atoms with Crippen LogP contribution in [-0.4, -0.2) is 64.9 Å². The van der Waals surface area contributed by atoms with E-state index in [1.165, 1.54) is 0 Å². The number of phenols is 1. The van der Waals surface area contributed by atoms with E-state index in [2.05, 4.69) is 43.2 Å². The molecule has 4 aromatic carbocycles. The van der Waals surface area contributed by atoms with Crippen LogP contribution in [0.5, 0.6) is 5.75 Å². The van der Waals surface area contributed by atoms with Crippen molar-refractivity contribution in [2.75, 3.05) is 5.73 Å². The zero-order valence-corrected chi connectivity index (χ0v) is 33.3. The molecule has 0 aliphatic rings. The van der Waals surface area contributed by atoms with Gasteiger partial charge in [0.15, 0.2) is 11.8 Å². The van der Waals surface area contributed by atoms with Gasteiger partial charge in [0.05, 0.1) is 0 Å². The third kappa shape index (κ3) is 9.99. The van der Waals surface area contributed by atoms with Crippen molar-refractivity contribution >= 4 is 34.8 Å². The summed E-state index contributed by atoms with van der Waals surface area (Å²) in [6, 6.07) is 26.0. The molecule has 7 aromatic rings. The molecule has 0 saturated heterocycles. The molecule has 3 atom stereocenters. The molecule has 2 unspecified atom stereocenters. The van der Waals surface area contributed by atoms with Crippen molar-refractivity contribution in [2.24, 2.45) is 0 Å². The second-order valence-electron chi connectivity index (χ2n) is 14.9. The number of hydrogen-bond donors (Lipinski definition) is 7. The molecule has 60 heavy (non-hydrogen) atoms. The molecule has 3 amide bonds. The summed E-state index contributed by atoms with van der Waals surface area (Å²) in [7, 11) is 0. The highest BCUT2D eigenvalue weighted by Gasteiger charge is 2.31. The zero-order chi connectivity index (χ0) is 42.2. The minimum atomic E-state index is -1.39. The minimum Gasteiger partial charge on any atom is -0.508 e. The number of nitrogens with one attached hydrogen (secondary N) is 4. The molecule has 0 saturated carbocycles. The number of amides is 3. The number of carboxylic acid groups (broad SMARTS) is 1. The van der Waals surface area contributed by atoms with Crippen LogP contribution in [0.25, 0.3) is 22.0 Å². The largest absolute Gasteiger partial charge is 0.508 e. The number of aryl methyl sites for hydroxylation is 3. The molecule has 0 spiro atoms. The normalized spacial score (nSPS) is 12.8. The number of H-pyrrole nitrogens is 1. The van der Waals surface area contributed by atoms with E-state index in [4.69, 9.17) is 15.2 Å². The quantitative estimate of drug-likeness (QED) is 0.0555. The third-order valence-electron chi connectivity index (χ3n) is 10.6. The number of carbonyl (C=O) groups is 3. The van der Waals surface area contributed by atoms with Gasteiger partial charge in [-0.15, -0.1) is 0 Å². The summed E-state index contributed by atoms with van der Waals surface area (Å²) in [6.45, 7) is 4.02. The van der Waals surface area contributed by atoms with E-state index >= 15 is 0 Å². The first-order valence-corrected chi connectivity index (χ1v) is 19.7. The smallest absolute Gasteiger partial charge is 0.405 e. The standard InChI is InChI=1S/C45H47N9O6/c1-27-21-33(55)22-28(2)35(27)25-38(49-41(56)37(51-45(58)59)13-8-19-54-20-18-47-44(54)46)42(57)50-39(24-32-26-48-36-12-7-6-11-34(32)36)43-52-40(53-60-43)23-29-14-16-31(17-15-29)30-9-4-3-5-10-30/h3-7,9-12,14-18,20-22,26,37-39,48,51,55H,8,13,19,23-25H2,1-2H3,(H2,46,47)(H,49,56)(H,50,57)(H,58,59)/t37?,38?,39-/m0/s1. The summed E-state index contributed by atoms with van der Waals surface area (Å²) in [5.74, 6) is -0.271. The Balaban J connectivity index is 1.16. The molecular weight excluding hydrogens is 763 g/mol. The monoisotopic (exact) mass is 809 g/mol. The van der Waals surface area contributed by atoms with Crippen molar-refractivity contribution in [3.63, 3.8) is 0 Å². The number of aromatic nitrogens is 5. The Kier molecular flexibility index (Phi) is 12.5. The second kappa shape index (κ2) is 18.4. The van der Waals surface area contributed by atoms with Gasteiger partial charge in [0, 0.05) is 55.3 Å². The summed E-state index contributed by atoms with van der Waals surface area (Å²) in [5, 5.41) is 33.4. The number of anilines is 1. The van der Waals surface area contributed by atoms with Gasteiger partial charge in [-0.3, -0.25) is 9.59 Å². The number of nitrogens with zero attached hydrogens (tertiary/aromatic N) is 4. The maximum absolute atomic E-state index is 14.6. The molecule has 15 nitrogen and oxygen atoms in total. The Hall–Kier alpha value is -7.42. The van der Waals surface area contributed by atoms with Crippen LogP contribution in [-0.2, 0) is 35.4 Å². The summed E-state index contributed by atoms with van der Waals surface area (Å²) in [5.41, 5.74) is 13.0. The molecule has 8 N–H and O–H groups in total. The molecular formula is C45H47N9O6. The van der Waals surface area contributed by atoms with E-state index in [0.29, 0.717) is 42.3 Å². The van der Waals surface area contributed by atoms with Crippen molar-refractivity contribution in [2.45, 2.75) is 70.6 Å². The van der Waals surface area contributed by atoms with Crippen LogP contribution in [0.3, 0.4) is 0 Å². The Bertz CT molecular complexity index is 2560. The number of benzene rings is 4. The van der Waals surface area contributed by atoms with Crippen LogP contribution >= 0.6 is 0 Å².